The highest BCUT2D eigenvalue weighted by Crippen LogP contribution is 2.11. The zero-order valence-electron chi connectivity index (χ0n) is 11.7. The second-order valence-corrected chi connectivity index (χ2v) is 4.58. The molecule has 0 radical (unpaired) electrons. The molecule has 0 saturated carbocycles. The molecule has 0 unspecified atom stereocenters. The molecule has 0 aliphatic rings. The average Bonchev–Trinajstić information content (AvgIpc) is 2.43. The molecule has 108 valence electrons. The molecule has 0 saturated heterocycles. The average molecular weight is 285 g/mol. The van der Waals surface area contributed by atoms with Gasteiger partial charge in [0.1, 0.15) is 0 Å². The molecule has 1 aromatic carbocycles. The van der Waals surface area contributed by atoms with Crippen LogP contribution in [0.1, 0.15) is 17.3 Å². The summed E-state index contributed by atoms with van der Waals surface area (Å²) < 4.78 is 1.37. The second-order valence-electron chi connectivity index (χ2n) is 4.58. The van der Waals surface area contributed by atoms with Gasteiger partial charge in [-0.2, -0.15) is 0 Å². The van der Waals surface area contributed by atoms with E-state index in [2.05, 4.69) is 10.6 Å². The van der Waals surface area contributed by atoms with Gasteiger partial charge in [0.15, 0.2) is 5.78 Å². The number of carbonyl (C=O) groups is 2. The predicted octanol–water partition coefficient (Wildman–Crippen LogP) is 2.23. The van der Waals surface area contributed by atoms with Gasteiger partial charge >= 0.3 is 6.03 Å². The lowest BCUT2D eigenvalue weighted by atomic mass is 10.1. The molecule has 21 heavy (non-hydrogen) atoms. The van der Waals surface area contributed by atoms with Crippen LogP contribution in [0.3, 0.4) is 0 Å². The van der Waals surface area contributed by atoms with Crippen molar-refractivity contribution in [1.29, 1.82) is 0 Å². The Hall–Kier alpha value is -2.89. The zero-order chi connectivity index (χ0) is 15.4. The third-order valence-electron chi connectivity index (χ3n) is 2.89. The Kier molecular flexibility index (Phi) is 4.18. The maximum absolute atomic E-state index is 11.8. The van der Waals surface area contributed by atoms with Crippen molar-refractivity contribution >= 4 is 23.2 Å². The van der Waals surface area contributed by atoms with Crippen molar-refractivity contribution in [2.45, 2.75) is 6.92 Å². The molecule has 0 fully saturated rings. The molecule has 2 rings (SSSR count). The van der Waals surface area contributed by atoms with Crippen LogP contribution in [0.5, 0.6) is 0 Å². The summed E-state index contributed by atoms with van der Waals surface area (Å²) in [6.07, 6.45) is 1.53. The van der Waals surface area contributed by atoms with Gasteiger partial charge in [0.2, 0.25) is 5.56 Å². The van der Waals surface area contributed by atoms with E-state index >= 15 is 0 Å². The number of carbonyl (C=O) groups excluding carboxylic acids is 2. The van der Waals surface area contributed by atoms with E-state index in [1.807, 2.05) is 0 Å². The minimum absolute atomic E-state index is 0.0313. The van der Waals surface area contributed by atoms with Crippen LogP contribution in [0.4, 0.5) is 16.2 Å². The molecule has 0 bridgehead atoms. The van der Waals surface area contributed by atoms with Crippen LogP contribution < -0.4 is 16.2 Å². The van der Waals surface area contributed by atoms with Crippen molar-refractivity contribution in [3.05, 3.63) is 58.5 Å². The zero-order valence-corrected chi connectivity index (χ0v) is 11.7. The van der Waals surface area contributed by atoms with Crippen LogP contribution in [0, 0.1) is 0 Å². The molecule has 0 aliphatic heterocycles. The highest BCUT2D eigenvalue weighted by molar-refractivity contribution is 6.00. The number of amides is 2. The third-order valence-corrected chi connectivity index (χ3v) is 2.89. The Bertz CT molecular complexity index is 733. The van der Waals surface area contributed by atoms with Gasteiger partial charge < -0.3 is 15.2 Å². The lowest BCUT2D eigenvalue weighted by Crippen LogP contribution is -2.21. The highest BCUT2D eigenvalue weighted by atomic mass is 16.2. The van der Waals surface area contributed by atoms with Gasteiger partial charge in [0.25, 0.3) is 0 Å². The lowest BCUT2D eigenvalue weighted by molar-refractivity contribution is 0.101. The van der Waals surface area contributed by atoms with Gasteiger partial charge in [-0.1, -0.05) is 0 Å². The summed E-state index contributed by atoms with van der Waals surface area (Å²) in [5.41, 5.74) is 1.51. The molecule has 1 heterocycles. The molecule has 2 N–H and O–H groups in total. The molecule has 0 aliphatic carbocycles. The summed E-state index contributed by atoms with van der Waals surface area (Å²) in [6.45, 7) is 1.48. The first kappa shape index (κ1) is 14.5. The standard InChI is InChI=1S/C15H15N3O3/c1-10(19)11-3-5-12(6-4-11)16-15(21)17-13-7-8-14(20)18(2)9-13/h3-9H,1-2H3,(H2,16,17,21). The smallest absolute Gasteiger partial charge is 0.317 e. The number of rotatable bonds is 3. The minimum Gasteiger partial charge on any atom is -0.317 e. The van der Waals surface area contributed by atoms with E-state index in [0.717, 1.165) is 0 Å². The number of ketones is 1. The molecule has 0 spiro atoms. The Labute approximate surface area is 121 Å². The van der Waals surface area contributed by atoms with Crippen molar-refractivity contribution in [2.75, 3.05) is 10.6 Å². The molecule has 2 aromatic rings. The number of urea groups is 1. The maximum atomic E-state index is 11.8. The number of anilines is 2. The topological polar surface area (TPSA) is 80.2 Å². The number of nitrogens with zero attached hydrogens (tertiary/aromatic N) is 1. The Morgan fingerprint density at radius 3 is 2.10 bits per heavy atom. The number of nitrogens with one attached hydrogen (secondary N) is 2. The number of benzene rings is 1. The van der Waals surface area contributed by atoms with E-state index in [0.29, 0.717) is 16.9 Å². The summed E-state index contributed by atoms with van der Waals surface area (Å²) in [4.78, 5) is 34.2. The Morgan fingerprint density at radius 1 is 0.952 bits per heavy atom. The van der Waals surface area contributed by atoms with E-state index in [9.17, 15) is 14.4 Å². The van der Waals surface area contributed by atoms with Crippen molar-refractivity contribution in [2.24, 2.45) is 7.05 Å². The number of Topliss-reactive ketones (excluding diaryl/α,β-unsaturated/α-hetero) is 1. The molecule has 1 aromatic heterocycles. The fourth-order valence-electron chi connectivity index (χ4n) is 1.75. The Balaban J connectivity index is 2.02. The fourth-order valence-corrected chi connectivity index (χ4v) is 1.75. The summed E-state index contributed by atoms with van der Waals surface area (Å²) in [5.74, 6) is -0.0313. The van der Waals surface area contributed by atoms with Crippen LogP contribution in [0.2, 0.25) is 0 Å². The normalized spacial score (nSPS) is 10.0. The first-order valence-corrected chi connectivity index (χ1v) is 6.31. The molecule has 6 nitrogen and oxygen atoms in total. The summed E-state index contributed by atoms with van der Waals surface area (Å²) in [6, 6.07) is 9.06. The van der Waals surface area contributed by atoms with Gasteiger partial charge in [-0.25, -0.2) is 4.79 Å². The minimum atomic E-state index is -0.427. The Morgan fingerprint density at radius 2 is 1.52 bits per heavy atom. The van der Waals surface area contributed by atoms with Crippen molar-refractivity contribution in [3.8, 4) is 0 Å². The monoisotopic (exact) mass is 285 g/mol. The first-order chi connectivity index (χ1) is 9.95. The SMILES string of the molecule is CC(=O)c1ccc(NC(=O)Nc2ccc(=O)n(C)c2)cc1. The van der Waals surface area contributed by atoms with E-state index in [-0.39, 0.29) is 11.3 Å². The van der Waals surface area contributed by atoms with Crippen LogP contribution in [-0.4, -0.2) is 16.4 Å². The molecular weight excluding hydrogens is 270 g/mol. The number of aryl methyl sites for hydroxylation is 1. The fraction of sp³-hybridized carbons (Fsp3) is 0.133. The van der Waals surface area contributed by atoms with Crippen LogP contribution in [0.15, 0.2) is 47.4 Å². The van der Waals surface area contributed by atoms with Gasteiger partial charge in [-0.15, -0.1) is 0 Å². The second kappa shape index (κ2) is 6.04. The van der Waals surface area contributed by atoms with E-state index in [1.54, 1.807) is 31.3 Å². The van der Waals surface area contributed by atoms with E-state index in [1.165, 1.54) is 29.8 Å². The quantitative estimate of drug-likeness (QED) is 0.849. The maximum Gasteiger partial charge on any atom is 0.323 e. The van der Waals surface area contributed by atoms with Crippen molar-refractivity contribution in [1.82, 2.24) is 4.57 Å². The van der Waals surface area contributed by atoms with Crippen LogP contribution in [0.25, 0.3) is 0 Å². The van der Waals surface area contributed by atoms with Gasteiger partial charge in [-0.3, -0.25) is 9.59 Å². The highest BCUT2D eigenvalue weighted by Gasteiger charge is 2.04. The van der Waals surface area contributed by atoms with Crippen molar-refractivity contribution < 1.29 is 9.59 Å². The van der Waals surface area contributed by atoms with Crippen LogP contribution >= 0.6 is 0 Å². The molecular formula is C15H15N3O3. The number of hydrogen-bond donors (Lipinski definition) is 2. The van der Waals surface area contributed by atoms with Crippen LogP contribution in [-0.2, 0) is 7.05 Å². The number of aromatic nitrogens is 1. The van der Waals surface area contributed by atoms with Gasteiger partial charge in [-0.05, 0) is 37.3 Å². The van der Waals surface area contributed by atoms with Gasteiger partial charge in [0, 0.05) is 30.6 Å². The molecule has 2 amide bonds. The van der Waals surface area contributed by atoms with E-state index < -0.39 is 6.03 Å². The van der Waals surface area contributed by atoms with Gasteiger partial charge in [0.05, 0.1) is 5.69 Å². The molecule has 0 atom stereocenters. The summed E-state index contributed by atoms with van der Waals surface area (Å²) >= 11 is 0. The molecule has 6 heteroatoms. The lowest BCUT2D eigenvalue weighted by Gasteiger charge is -2.08. The number of pyridine rings is 1. The predicted molar refractivity (Wildman–Crippen MR) is 80.8 cm³/mol. The van der Waals surface area contributed by atoms with Crippen molar-refractivity contribution in [3.63, 3.8) is 0 Å². The first-order valence-electron chi connectivity index (χ1n) is 6.31. The number of hydrogen-bond acceptors (Lipinski definition) is 3. The summed E-state index contributed by atoms with van der Waals surface area (Å²) in [7, 11) is 1.60. The summed E-state index contributed by atoms with van der Waals surface area (Å²) in [5, 5.41) is 5.26. The largest absolute Gasteiger partial charge is 0.323 e. The van der Waals surface area contributed by atoms with E-state index in [4.69, 9.17) is 0 Å². The third kappa shape index (κ3) is 3.79.